The van der Waals surface area contributed by atoms with Gasteiger partial charge < -0.3 is 24.8 Å². The molecule has 166 valence electrons. The first-order chi connectivity index (χ1) is 13.9. The molecule has 3 saturated heterocycles. The van der Waals surface area contributed by atoms with Crippen LogP contribution in [0.2, 0.25) is 0 Å². The molecule has 1 atom stereocenters. The number of carbonyl (C=O) groups is 2. The molecule has 0 aliphatic carbocycles. The monoisotopic (exact) mass is 408 g/mol. The third-order valence-corrected chi connectivity index (χ3v) is 6.79. The van der Waals surface area contributed by atoms with E-state index >= 15 is 0 Å². The van der Waals surface area contributed by atoms with Crippen molar-refractivity contribution in [2.75, 3.05) is 60.0 Å². The Balaban J connectivity index is 1.37. The number of hydrogen-bond acceptors (Lipinski definition) is 5. The molecule has 2 amide bonds. The molecule has 0 radical (unpaired) electrons. The normalized spacial score (nSPS) is 24.6. The molecule has 3 aliphatic rings. The summed E-state index contributed by atoms with van der Waals surface area (Å²) in [6.07, 6.45) is 5.77. The number of amides is 2. The smallest absolute Gasteiger partial charge is 0.225 e. The van der Waals surface area contributed by atoms with Crippen molar-refractivity contribution in [1.82, 2.24) is 20.0 Å². The van der Waals surface area contributed by atoms with E-state index in [1.54, 1.807) is 0 Å². The Morgan fingerprint density at radius 2 is 1.59 bits per heavy atom. The number of hydrogen-bond donors (Lipinski definition) is 1. The Morgan fingerprint density at radius 1 is 0.966 bits per heavy atom. The van der Waals surface area contributed by atoms with Crippen LogP contribution in [-0.4, -0.2) is 98.6 Å². The lowest BCUT2D eigenvalue weighted by atomic mass is 9.92. The summed E-state index contributed by atoms with van der Waals surface area (Å²) < 4.78 is 5.39. The molecule has 0 saturated carbocycles. The minimum absolute atomic E-state index is 0.144. The van der Waals surface area contributed by atoms with Crippen molar-refractivity contribution in [3.8, 4) is 0 Å². The van der Waals surface area contributed by atoms with Gasteiger partial charge in [-0.05, 0) is 72.6 Å². The third kappa shape index (κ3) is 6.40. The number of nitrogens with zero attached hydrogens (tertiary/aromatic N) is 3. The molecule has 0 bridgehead atoms. The highest BCUT2D eigenvalue weighted by Gasteiger charge is 2.33. The molecule has 7 heteroatoms. The Morgan fingerprint density at radius 3 is 2.17 bits per heavy atom. The van der Waals surface area contributed by atoms with Crippen LogP contribution in [0.3, 0.4) is 0 Å². The molecular weight excluding hydrogens is 368 g/mol. The summed E-state index contributed by atoms with van der Waals surface area (Å²) in [6, 6.07) is 0.749. The predicted octanol–water partition coefficient (Wildman–Crippen LogP) is 1.18. The average molecular weight is 409 g/mol. The number of piperidine rings is 2. The van der Waals surface area contributed by atoms with Gasteiger partial charge in [-0.25, -0.2) is 0 Å². The van der Waals surface area contributed by atoms with Gasteiger partial charge in [-0.1, -0.05) is 0 Å². The van der Waals surface area contributed by atoms with Gasteiger partial charge in [0.15, 0.2) is 0 Å². The van der Waals surface area contributed by atoms with Gasteiger partial charge in [0.1, 0.15) is 0 Å². The zero-order valence-electron chi connectivity index (χ0n) is 18.6. The van der Waals surface area contributed by atoms with E-state index in [4.69, 9.17) is 4.74 Å². The van der Waals surface area contributed by atoms with Crippen molar-refractivity contribution in [3.05, 3.63) is 0 Å². The van der Waals surface area contributed by atoms with E-state index in [0.29, 0.717) is 11.9 Å². The highest BCUT2D eigenvalue weighted by Crippen LogP contribution is 2.26. The molecule has 3 heterocycles. The van der Waals surface area contributed by atoms with Gasteiger partial charge in [0.2, 0.25) is 11.8 Å². The SMILES string of the molecule is CC(CN(C)C)NC(=O)C1CCN(C2CCN(C(=O)C3CCOCC3)CC2)CC1. The zero-order valence-corrected chi connectivity index (χ0v) is 18.6. The summed E-state index contributed by atoms with van der Waals surface area (Å²) in [4.78, 5) is 32.0. The Labute approximate surface area is 176 Å². The van der Waals surface area contributed by atoms with Gasteiger partial charge in [0.25, 0.3) is 0 Å². The quantitative estimate of drug-likeness (QED) is 0.715. The second-order valence-corrected chi connectivity index (χ2v) is 9.43. The Bertz CT molecular complexity index is 534. The zero-order chi connectivity index (χ0) is 20.8. The standard InChI is InChI=1S/C22H40N4O3/c1-17(16-24(2)3)23-21(27)18-4-10-25(11-5-18)20-6-12-26(13-7-20)22(28)19-8-14-29-15-9-19/h17-20H,4-16H2,1-3H3,(H,23,27). The van der Waals surface area contributed by atoms with E-state index in [9.17, 15) is 9.59 Å². The molecule has 0 spiro atoms. The largest absolute Gasteiger partial charge is 0.381 e. The van der Waals surface area contributed by atoms with Gasteiger partial charge in [0.05, 0.1) is 0 Å². The summed E-state index contributed by atoms with van der Waals surface area (Å²) in [6.45, 7) is 8.15. The maximum atomic E-state index is 12.7. The third-order valence-electron chi connectivity index (χ3n) is 6.79. The first-order valence-corrected chi connectivity index (χ1v) is 11.5. The number of likely N-dealkylation sites (N-methyl/N-ethyl adjacent to an activating group) is 1. The molecule has 29 heavy (non-hydrogen) atoms. The molecule has 0 aromatic heterocycles. The number of rotatable bonds is 6. The van der Waals surface area contributed by atoms with E-state index in [-0.39, 0.29) is 23.8 Å². The molecule has 1 unspecified atom stereocenters. The molecular formula is C22H40N4O3. The summed E-state index contributed by atoms with van der Waals surface area (Å²) in [5, 5.41) is 3.17. The Kier molecular flexibility index (Phi) is 8.33. The summed E-state index contributed by atoms with van der Waals surface area (Å²) in [7, 11) is 4.06. The van der Waals surface area contributed by atoms with Crippen LogP contribution in [0.4, 0.5) is 0 Å². The predicted molar refractivity (Wildman–Crippen MR) is 114 cm³/mol. The maximum absolute atomic E-state index is 12.7. The van der Waals surface area contributed by atoms with Crippen molar-refractivity contribution in [2.45, 2.75) is 57.5 Å². The fourth-order valence-electron chi connectivity index (χ4n) is 5.13. The summed E-state index contributed by atoms with van der Waals surface area (Å²) >= 11 is 0. The highest BCUT2D eigenvalue weighted by molar-refractivity contribution is 5.79. The Hall–Kier alpha value is -1.18. The van der Waals surface area contributed by atoms with Crippen LogP contribution in [0.25, 0.3) is 0 Å². The van der Waals surface area contributed by atoms with Gasteiger partial charge in [-0.15, -0.1) is 0 Å². The molecule has 0 aromatic carbocycles. The molecule has 0 aromatic rings. The van der Waals surface area contributed by atoms with Gasteiger partial charge in [-0.3, -0.25) is 9.59 Å². The van der Waals surface area contributed by atoms with E-state index in [1.165, 1.54) is 0 Å². The lowest BCUT2D eigenvalue weighted by Crippen LogP contribution is -2.51. The first kappa shape index (κ1) is 22.5. The average Bonchev–Trinajstić information content (AvgIpc) is 2.73. The lowest BCUT2D eigenvalue weighted by Gasteiger charge is -2.42. The fraction of sp³-hybridized carbons (Fsp3) is 0.909. The van der Waals surface area contributed by atoms with E-state index < -0.39 is 0 Å². The van der Waals surface area contributed by atoms with Crippen LogP contribution in [-0.2, 0) is 14.3 Å². The summed E-state index contributed by atoms with van der Waals surface area (Å²) in [5.41, 5.74) is 0. The lowest BCUT2D eigenvalue weighted by molar-refractivity contribution is -0.140. The van der Waals surface area contributed by atoms with Crippen LogP contribution in [0.1, 0.15) is 45.4 Å². The number of ether oxygens (including phenoxy) is 1. The fourth-order valence-corrected chi connectivity index (χ4v) is 5.13. The minimum Gasteiger partial charge on any atom is -0.381 e. The van der Waals surface area contributed by atoms with Crippen molar-refractivity contribution in [1.29, 1.82) is 0 Å². The van der Waals surface area contributed by atoms with Crippen LogP contribution in [0.5, 0.6) is 0 Å². The van der Waals surface area contributed by atoms with Crippen LogP contribution >= 0.6 is 0 Å². The van der Waals surface area contributed by atoms with Crippen molar-refractivity contribution in [2.24, 2.45) is 11.8 Å². The first-order valence-electron chi connectivity index (χ1n) is 11.5. The maximum Gasteiger partial charge on any atom is 0.225 e. The second kappa shape index (κ2) is 10.7. The second-order valence-electron chi connectivity index (χ2n) is 9.43. The van der Waals surface area contributed by atoms with Crippen LogP contribution < -0.4 is 5.32 Å². The van der Waals surface area contributed by atoms with Crippen LogP contribution in [0.15, 0.2) is 0 Å². The molecule has 3 fully saturated rings. The molecule has 3 rings (SSSR count). The van der Waals surface area contributed by atoms with Crippen molar-refractivity contribution < 1.29 is 14.3 Å². The van der Waals surface area contributed by atoms with Crippen molar-refractivity contribution in [3.63, 3.8) is 0 Å². The van der Waals surface area contributed by atoms with Gasteiger partial charge in [0, 0.05) is 56.8 Å². The molecule has 3 aliphatic heterocycles. The van der Waals surface area contributed by atoms with E-state index in [2.05, 4.69) is 26.9 Å². The number of likely N-dealkylation sites (tertiary alicyclic amines) is 2. The van der Waals surface area contributed by atoms with Gasteiger partial charge in [-0.2, -0.15) is 0 Å². The van der Waals surface area contributed by atoms with Crippen LogP contribution in [0, 0.1) is 11.8 Å². The number of nitrogens with one attached hydrogen (secondary N) is 1. The van der Waals surface area contributed by atoms with E-state index in [1.807, 2.05) is 14.1 Å². The highest BCUT2D eigenvalue weighted by atomic mass is 16.5. The summed E-state index contributed by atoms with van der Waals surface area (Å²) in [5.74, 6) is 0.875. The van der Waals surface area contributed by atoms with Gasteiger partial charge >= 0.3 is 0 Å². The van der Waals surface area contributed by atoms with E-state index in [0.717, 1.165) is 84.5 Å². The molecule has 7 nitrogen and oxygen atoms in total. The topological polar surface area (TPSA) is 65.1 Å². The van der Waals surface area contributed by atoms with Crippen molar-refractivity contribution >= 4 is 11.8 Å². The molecule has 1 N–H and O–H groups in total. The number of carbonyl (C=O) groups excluding carboxylic acids is 2. The minimum atomic E-state index is 0.144.